The molecule has 0 unspecified atom stereocenters. The van der Waals surface area contributed by atoms with Crippen LogP contribution in [0.15, 0.2) is 41.1 Å². The molecule has 3 nitrogen and oxygen atoms in total. The van der Waals surface area contributed by atoms with Crippen molar-refractivity contribution < 1.29 is 9.53 Å². The van der Waals surface area contributed by atoms with Crippen LogP contribution in [0.2, 0.25) is 0 Å². The second-order valence-electron chi connectivity index (χ2n) is 5.99. The van der Waals surface area contributed by atoms with Gasteiger partial charge in [0.1, 0.15) is 5.75 Å². The maximum atomic E-state index is 12.8. The van der Waals surface area contributed by atoms with Crippen LogP contribution in [0, 0.1) is 0 Å². The van der Waals surface area contributed by atoms with Crippen molar-refractivity contribution in [2.75, 3.05) is 0 Å². The summed E-state index contributed by atoms with van der Waals surface area (Å²) in [4.78, 5) is 14.8. The van der Waals surface area contributed by atoms with Crippen LogP contribution in [0.3, 0.4) is 0 Å². The number of benzene rings is 1. The average molecular weight is 315 g/mol. The number of carbonyl (C=O) groups excluding carboxylic acids is 1. The summed E-state index contributed by atoms with van der Waals surface area (Å²) in [7, 11) is 0. The maximum Gasteiger partial charge on any atom is 0.254 e. The molecule has 22 heavy (non-hydrogen) atoms. The highest BCUT2D eigenvalue weighted by molar-refractivity contribution is 7.07. The fraction of sp³-hybridized carbons (Fsp3) is 0.389. The molecule has 0 bridgehead atoms. The molecule has 1 aromatic heterocycles. The second kappa shape index (κ2) is 6.53. The van der Waals surface area contributed by atoms with Gasteiger partial charge in [-0.2, -0.15) is 11.3 Å². The Morgan fingerprint density at radius 1 is 1.27 bits per heavy atom. The van der Waals surface area contributed by atoms with Gasteiger partial charge in [-0.15, -0.1) is 0 Å². The Hall–Kier alpha value is -1.81. The van der Waals surface area contributed by atoms with Crippen LogP contribution in [-0.4, -0.2) is 23.0 Å². The van der Waals surface area contributed by atoms with Gasteiger partial charge in [-0.05, 0) is 73.3 Å². The van der Waals surface area contributed by atoms with E-state index in [1.54, 1.807) is 11.3 Å². The molecule has 1 aliphatic rings. The highest BCUT2D eigenvalue weighted by Gasteiger charge is 2.33. The summed E-state index contributed by atoms with van der Waals surface area (Å²) in [5.74, 6) is 0.923. The van der Waals surface area contributed by atoms with E-state index in [-0.39, 0.29) is 12.0 Å². The van der Waals surface area contributed by atoms with E-state index < -0.39 is 0 Å². The van der Waals surface area contributed by atoms with Crippen molar-refractivity contribution in [1.29, 1.82) is 0 Å². The van der Waals surface area contributed by atoms with Gasteiger partial charge < -0.3 is 9.64 Å². The zero-order valence-corrected chi connectivity index (χ0v) is 13.8. The number of hydrogen-bond acceptors (Lipinski definition) is 3. The van der Waals surface area contributed by atoms with Gasteiger partial charge in [0.15, 0.2) is 0 Å². The highest BCUT2D eigenvalue weighted by atomic mass is 32.1. The van der Waals surface area contributed by atoms with Crippen LogP contribution in [0.1, 0.15) is 42.6 Å². The first-order chi connectivity index (χ1) is 10.6. The van der Waals surface area contributed by atoms with Gasteiger partial charge in [0.05, 0.1) is 6.10 Å². The summed E-state index contributed by atoms with van der Waals surface area (Å²) < 4.78 is 5.63. The molecule has 0 aliphatic heterocycles. The monoisotopic (exact) mass is 315 g/mol. The first-order valence-corrected chi connectivity index (χ1v) is 8.66. The molecule has 1 aromatic carbocycles. The van der Waals surface area contributed by atoms with Gasteiger partial charge in [-0.1, -0.05) is 0 Å². The van der Waals surface area contributed by atoms with Crippen LogP contribution >= 0.6 is 11.3 Å². The smallest absolute Gasteiger partial charge is 0.254 e. The minimum Gasteiger partial charge on any atom is -0.491 e. The van der Waals surface area contributed by atoms with E-state index in [9.17, 15) is 4.79 Å². The first kappa shape index (κ1) is 15.1. The van der Waals surface area contributed by atoms with Crippen molar-refractivity contribution in [3.8, 4) is 5.75 Å². The fourth-order valence-corrected chi connectivity index (χ4v) is 3.11. The fourth-order valence-electron chi connectivity index (χ4n) is 2.45. The summed E-state index contributed by atoms with van der Waals surface area (Å²) in [5.41, 5.74) is 1.95. The van der Waals surface area contributed by atoms with Crippen LogP contribution in [0.4, 0.5) is 0 Å². The molecule has 2 aromatic rings. The molecular weight excluding hydrogens is 294 g/mol. The van der Waals surface area contributed by atoms with Gasteiger partial charge in [0.25, 0.3) is 5.91 Å². The molecule has 0 radical (unpaired) electrons. The van der Waals surface area contributed by atoms with E-state index in [0.717, 1.165) is 24.2 Å². The Bertz CT molecular complexity index is 615. The zero-order valence-electron chi connectivity index (χ0n) is 13.0. The normalized spacial score (nSPS) is 14.1. The SMILES string of the molecule is CC(C)Oc1ccc(C(=O)N(Cc2ccsc2)C2CC2)cc1. The van der Waals surface area contributed by atoms with E-state index in [0.29, 0.717) is 12.6 Å². The largest absolute Gasteiger partial charge is 0.491 e. The summed E-state index contributed by atoms with van der Waals surface area (Å²) in [6, 6.07) is 9.98. The van der Waals surface area contributed by atoms with Crippen LogP contribution in [0.5, 0.6) is 5.75 Å². The molecule has 0 atom stereocenters. The van der Waals surface area contributed by atoms with Gasteiger partial charge in [0, 0.05) is 18.2 Å². The molecule has 3 rings (SSSR count). The van der Waals surface area contributed by atoms with Crippen molar-refractivity contribution >= 4 is 17.2 Å². The van der Waals surface area contributed by atoms with Gasteiger partial charge in [0.2, 0.25) is 0 Å². The molecule has 0 spiro atoms. The molecule has 116 valence electrons. The van der Waals surface area contributed by atoms with Crippen molar-refractivity contribution in [3.63, 3.8) is 0 Å². The Balaban J connectivity index is 1.72. The highest BCUT2D eigenvalue weighted by Crippen LogP contribution is 2.30. The minimum absolute atomic E-state index is 0.116. The number of nitrogens with zero attached hydrogens (tertiary/aromatic N) is 1. The molecule has 1 saturated carbocycles. The van der Waals surface area contributed by atoms with Gasteiger partial charge in [-0.25, -0.2) is 0 Å². The molecule has 1 fully saturated rings. The van der Waals surface area contributed by atoms with Crippen molar-refractivity contribution in [1.82, 2.24) is 4.90 Å². The number of rotatable bonds is 6. The van der Waals surface area contributed by atoms with Crippen LogP contribution in [0.25, 0.3) is 0 Å². The standard InChI is InChI=1S/C18H21NO2S/c1-13(2)21-17-7-3-15(4-8-17)18(20)19(16-5-6-16)11-14-9-10-22-12-14/h3-4,7-10,12-13,16H,5-6,11H2,1-2H3. The Kier molecular flexibility index (Phi) is 4.48. The topological polar surface area (TPSA) is 29.5 Å². The van der Waals surface area contributed by atoms with E-state index >= 15 is 0 Å². The van der Waals surface area contributed by atoms with E-state index in [2.05, 4.69) is 16.8 Å². The predicted octanol–water partition coefficient (Wildman–Crippen LogP) is 4.34. The molecule has 1 aliphatic carbocycles. The molecule has 0 N–H and O–H groups in total. The summed E-state index contributed by atoms with van der Waals surface area (Å²) in [6.45, 7) is 4.70. The number of ether oxygens (including phenoxy) is 1. The quantitative estimate of drug-likeness (QED) is 0.793. The predicted molar refractivity (Wildman–Crippen MR) is 89.4 cm³/mol. The lowest BCUT2D eigenvalue weighted by molar-refractivity contribution is 0.0730. The van der Waals surface area contributed by atoms with E-state index in [4.69, 9.17) is 4.74 Å². The maximum absolute atomic E-state index is 12.8. The first-order valence-electron chi connectivity index (χ1n) is 7.72. The number of amides is 1. The summed E-state index contributed by atoms with van der Waals surface area (Å²) >= 11 is 1.67. The third kappa shape index (κ3) is 3.69. The third-order valence-corrected chi connectivity index (χ3v) is 4.39. The van der Waals surface area contributed by atoms with Crippen LogP contribution < -0.4 is 4.74 Å². The lowest BCUT2D eigenvalue weighted by atomic mass is 10.1. The van der Waals surface area contributed by atoms with E-state index in [1.165, 1.54) is 5.56 Å². The Morgan fingerprint density at radius 2 is 2.00 bits per heavy atom. The Morgan fingerprint density at radius 3 is 2.55 bits per heavy atom. The molecule has 0 saturated heterocycles. The summed E-state index contributed by atoms with van der Waals surface area (Å²) in [5, 5.41) is 4.17. The average Bonchev–Trinajstić information content (AvgIpc) is 3.21. The van der Waals surface area contributed by atoms with Gasteiger partial charge in [-0.3, -0.25) is 4.79 Å². The Labute approximate surface area is 135 Å². The lowest BCUT2D eigenvalue weighted by Crippen LogP contribution is -2.32. The number of hydrogen-bond donors (Lipinski definition) is 0. The second-order valence-corrected chi connectivity index (χ2v) is 6.77. The third-order valence-electron chi connectivity index (χ3n) is 3.65. The van der Waals surface area contributed by atoms with Gasteiger partial charge >= 0.3 is 0 Å². The number of carbonyl (C=O) groups is 1. The number of thiophene rings is 1. The van der Waals surface area contributed by atoms with E-state index in [1.807, 2.05) is 43.0 Å². The van der Waals surface area contributed by atoms with Crippen molar-refractivity contribution in [3.05, 3.63) is 52.2 Å². The molecule has 1 heterocycles. The molecule has 4 heteroatoms. The van der Waals surface area contributed by atoms with Crippen LogP contribution in [-0.2, 0) is 6.54 Å². The van der Waals surface area contributed by atoms with Crippen molar-refractivity contribution in [2.24, 2.45) is 0 Å². The summed E-state index contributed by atoms with van der Waals surface area (Å²) in [6.07, 6.45) is 2.37. The lowest BCUT2D eigenvalue weighted by Gasteiger charge is -2.22. The molecule has 1 amide bonds. The van der Waals surface area contributed by atoms with Crippen molar-refractivity contribution in [2.45, 2.75) is 45.4 Å². The minimum atomic E-state index is 0.116. The zero-order chi connectivity index (χ0) is 15.5. The molecular formula is C18H21NO2S.